The number of piperazine rings is 1. The first kappa shape index (κ1) is 21.2. The van der Waals surface area contributed by atoms with E-state index in [0.717, 1.165) is 0 Å². The van der Waals surface area contributed by atoms with Crippen LogP contribution in [-0.2, 0) is 10.0 Å². The normalized spacial score (nSPS) is 17.1. The van der Waals surface area contributed by atoms with Crippen LogP contribution in [-0.4, -0.2) is 80.0 Å². The molecule has 29 heavy (non-hydrogen) atoms. The van der Waals surface area contributed by atoms with E-state index in [0.29, 0.717) is 43.7 Å². The maximum atomic E-state index is 12.9. The minimum Gasteiger partial charge on any atom is -0.497 e. The predicted molar refractivity (Wildman–Crippen MR) is 110 cm³/mol. The maximum absolute atomic E-state index is 12.9. The molecule has 0 amide bonds. The van der Waals surface area contributed by atoms with Gasteiger partial charge in [-0.15, -0.1) is 0 Å². The van der Waals surface area contributed by atoms with Crippen LogP contribution in [0.15, 0.2) is 29.2 Å². The smallest absolute Gasteiger partial charge is 0.243 e. The number of nitrogens with two attached hydrogens (primary N) is 1. The Morgan fingerprint density at radius 2 is 1.69 bits per heavy atom. The minimum atomic E-state index is -3.54. The van der Waals surface area contributed by atoms with Crippen molar-refractivity contribution in [2.24, 2.45) is 0 Å². The van der Waals surface area contributed by atoms with Crippen LogP contribution < -0.4 is 15.4 Å². The Labute approximate surface area is 171 Å². The lowest BCUT2D eigenvalue weighted by Crippen LogP contribution is -2.49. The summed E-state index contributed by atoms with van der Waals surface area (Å²) in [5.41, 5.74) is 5.82. The lowest BCUT2D eigenvalue weighted by molar-refractivity contribution is 0.141. The van der Waals surface area contributed by atoms with Gasteiger partial charge in [-0.1, -0.05) is 0 Å². The molecule has 2 heterocycles. The highest BCUT2D eigenvalue weighted by Gasteiger charge is 2.31. The molecule has 2 N–H and O–H groups in total. The number of aromatic nitrogens is 3. The first-order chi connectivity index (χ1) is 13.7. The zero-order chi connectivity index (χ0) is 21.2. The van der Waals surface area contributed by atoms with Crippen molar-refractivity contribution in [3.63, 3.8) is 0 Å². The average molecular weight is 422 g/mol. The molecule has 0 unspecified atom stereocenters. The SMILES string of the molecule is COc1ccc(S(=O)(=O)N2CCN([C@H](C)c3nc(N)nc(N(C)C)n3)CC2)cc1. The third kappa shape index (κ3) is 4.57. The molecule has 0 radical (unpaired) electrons. The molecule has 1 aromatic heterocycles. The molecule has 0 spiro atoms. The first-order valence-electron chi connectivity index (χ1n) is 9.29. The highest BCUT2D eigenvalue weighted by Crippen LogP contribution is 2.24. The fourth-order valence-corrected chi connectivity index (χ4v) is 4.60. The van der Waals surface area contributed by atoms with Crippen molar-refractivity contribution in [3.8, 4) is 5.75 Å². The van der Waals surface area contributed by atoms with Gasteiger partial charge < -0.3 is 15.4 Å². The van der Waals surface area contributed by atoms with E-state index in [1.807, 2.05) is 21.0 Å². The molecular weight excluding hydrogens is 394 g/mol. The average Bonchev–Trinajstić information content (AvgIpc) is 2.72. The second-order valence-electron chi connectivity index (χ2n) is 7.04. The summed E-state index contributed by atoms with van der Waals surface area (Å²) in [5.74, 6) is 1.87. The van der Waals surface area contributed by atoms with E-state index in [9.17, 15) is 8.42 Å². The minimum absolute atomic E-state index is 0.107. The number of ether oxygens (including phenoxy) is 1. The topological polar surface area (TPSA) is 118 Å². The molecule has 11 heteroatoms. The summed E-state index contributed by atoms with van der Waals surface area (Å²) < 4.78 is 32.4. The number of sulfonamides is 1. The summed E-state index contributed by atoms with van der Waals surface area (Å²) in [6.45, 7) is 3.90. The summed E-state index contributed by atoms with van der Waals surface area (Å²) in [6.07, 6.45) is 0. The highest BCUT2D eigenvalue weighted by atomic mass is 32.2. The lowest BCUT2D eigenvalue weighted by atomic mass is 10.2. The van der Waals surface area contributed by atoms with Gasteiger partial charge in [0.1, 0.15) is 5.75 Å². The summed E-state index contributed by atoms with van der Waals surface area (Å²) in [6, 6.07) is 6.33. The van der Waals surface area contributed by atoms with E-state index < -0.39 is 10.0 Å². The molecule has 2 aromatic rings. The molecule has 1 aromatic carbocycles. The van der Waals surface area contributed by atoms with Crippen molar-refractivity contribution < 1.29 is 13.2 Å². The van der Waals surface area contributed by atoms with Crippen LogP contribution in [0.5, 0.6) is 5.75 Å². The number of benzene rings is 1. The van der Waals surface area contributed by atoms with Gasteiger partial charge in [-0.25, -0.2) is 8.42 Å². The van der Waals surface area contributed by atoms with Crippen LogP contribution >= 0.6 is 0 Å². The first-order valence-corrected chi connectivity index (χ1v) is 10.7. The van der Waals surface area contributed by atoms with E-state index in [1.54, 1.807) is 36.3 Å². The fraction of sp³-hybridized carbons (Fsp3) is 0.500. The van der Waals surface area contributed by atoms with Crippen molar-refractivity contribution in [1.82, 2.24) is 24.2 Å². The van der Waals surface area contributed by atoms with E-state index >= 15 is 0 Å². The second kappa shape index (κ2) is 8.47. The van der Waals surface area contributed by atoms with Gasteiger partial charge in [0.2, 0.25) is 21.9 Å². The molecular formula is C18H27N7O3S. The van der Waals surface area contributed by atoms with Gasteiger partial charge in [-0.2, -0.15) is 19.3 Å². The fourth-order valence-electron chi connectivity index (χ4n) is 3.18. The molecule has 10 nitrogen and oxygen atoms in total. The Balaban J connectivity index is 1.69. The number of anilines is 2. The summed E-state index contributed by atoms with van der Waals surface area (Å²) in [5, 5.41) is 0. The Morgan fingerprint density at radius 3 is 2.24 bits per heavy atom. The Hall–Kier alpha value is -2.50. The van der Waals surface area contributed by atoms with Crippen molar-refractivity contribution in [2.75, 3.05) is 58.0 Å². The Bertz CT molecular complexity index is 942. The molecule has 1 aliphatic rings. The molecule has 1 saturated heterocycles. The van der Waals surface area contributed by atoms with E-state index in [2.05, 4.69) is 19.9 Å². The van der Waals surface area contributed by atoms with Crippen LogP contribution in [0.2, 0.25) is 0 Å². The molecule has 0 bridgehead atoms. The Kier molecular flexibility index (Phi) is 6.20. The Morgan fingerprint density at radius 1 is 1.07 bits per heavy atom. The van der Waals surface area contributed by atoms with Crippen LogP contribution in [0.1, 0.15) is 18.8 Å². The molecule has 1 fully saturated rings. The van der Waals surface area contributed by atoms with Gasteiger partial charge in [-0.3, -0.25) is 4.90 Å². The standard InChI is InChI=1S/C18H27N7O3S/c1-13(16-20-17(19)22-18(21-16)23(2)3)24-9-11-25(12-10-24)29(26,27)15-7-5-14(28-4)6-8-15/h5-8,13H,9-12H2,1-4H3,(H2,19,20,21,22)/t13-/m1/s1. The summed E-state index contributed by atoms with van der Waals surface area (Å²) in [7, 11) is 1.68. The zero-order valence-corrected chi connectivity index (χ0v) is 17.9. The van der Waals surface area contributed by atoms with Crippen molar-refractivity contribution >= 4 is 21.9 Å². The van der Waals surface area contributed by atoms with Gasteiger partial charge in [0, 0.05) is 40.3 Å². The molecule has 158 valence electrons. The molecule has 3 rings (SSSR count). The van der Waals surface area contributed by atoms with E-state index in [4.69, 9.17) is 10.5 Å². The molecule has 0 aliphatic carbocycles. The van der Waals surface area contributed by atoms with Gasteiger partial charge in [0.15, 0.2) is 5.82 Å². The van der Waals surface area contributed by atoms with Gasteiger partial charge in [-0.05, 0) is 31.2 Å². The van der Waals surface area contributed by atoms with Crippen LogP contribution in [0, 0.1) is 0 Å². The number of hydrogen-bond acceptors (Lipinski definition) is 9. The molecule has 1 atom stereocenters. The van der Waals surface area contributed by atoms with Gasteiger partial charge in [0.05, 0.1) is 18.0 Å². The van der Waals surface area contributed by atoms with Crippen LogP contribution in [0.3, 0.4) is 0 Å². The predicted octanol–water partition coefficient (Wildman–Crippen LogP) is 0.596. The third-order valence-corrected chi connectivity index (χ3v) is 6.86. The number of rotatable bonds is 6. The lowest BCUT2D eigenvalue weighted by Gasteiger charge is -2.36. The van der Waals surface area contributed by atoms with E-state index in [1.165, 1.54) is 4.31 Å². The second-order valence-corrected chi connectivity index (χ2v) is 8.98. The monoisotopic (exact) mass is 421 g/mol. The summed E-state index contributed by atoms with van der Waals surface area (Å²) >= 11 is 0. The number of nitrogen functional groups attached to an aromatic ring is 1. The van der Waals surface area contributed by atoms with Crippen molar-refractivity contribution in [2.45, 2.75) is 17.9 Å². The number of hydrogen-bond donors (Lipinski definition) is 1. The van der Waals surface area contributed by atoms with E-state index in [-0.39, 0.29) is 16.9 Å². The van der Waals surface area contributed by atoms with Crippen LogP contribution in [0.25, 0.3) is 0 Å². The van der Waals surface area contributed by atoms with Gasteiger partial charge in [0.25, 0.3) is 0 Å². The molecule has 1 aliphatic heterocycles. The van der Waals surface area contributed by atoms with Crippen molar-refractivity contribution in [1.29, 1.82) is 0 Å². The van der Waals surface area contributed by atoms with Gasteiger partial charge >= 0.3 is 0 Å². The highest BCUT2D eigenvalue weighted by molar-refractivity contribution is 7.89. The van der Waals surface area contributed by atoms with Crippen molar-refractivity contribution in [3.05, 3.63) is 30.1 Å². The quantitative estimate of drug-likeness (QED) is 0.715. The number of nitrogens with zero attached hydrogens (tertiary/aromatic N) is 6. The largest absolute Gasteiger partial charge is 0.497 e. The molecule has 0 saturated carbocycles. The third-order valence-electron chi connectivity index (χ3n) is 4.95. The maximum Gasteiger partial charge on any atom is 0.243 e. The number of methoxy groups -OCH3 is 1. The zero-order valence-electron chi connectivity index (χ0n) is 17.1. The summed E-state index contributed by atoms with van der Waals surface area (Å²) in [4.78, 5) is 17.0. The van der Waals surface area contributed by atoms with Crippen LogP contribution in [0.4, 0.5) is 11.9 Å².